The fraction of sp³-hybridized carbons (Fsp3) is 0.929. The van der Waals surface area contributed by atoms with E-state index in [2.05, 4.69) is 27.7 Å². The normalized spacial score (nSPS) is 26.4. The molecule has 1 aliphatic carbocycles. The first-order chi connectivity index (χ1) is 7.34. The van der Waals surface area contributed by atoms with Crippen molar-refractivity contribution < 1.29 is 4.79 Å². The van der Waals surface area contributed by atoms with Crippen LogP contribution in [0.4, 0.5) is 0 Å². The average Bonchev–Trinajstić information content (AvgIpc) is 2.60. The van der Waals surface area contributed by atoms with Gasteiger partial charge in [-0.15, -0.1) is 0 Å². The van der Waals surface area contributed by atoms with E-state index in [9.17, 15) is 4.79 Å². The lowest BCUT2D eigenvalue weighted by molar-refractivity contribution is -0.129. The lowest BCUT2D eigenvalue weighted by Gasteiger charge is -2.28. The number of Topliss-reactive ketones (excluding diaryl/α,β-unsaturated/α-hetero) is 1. The van der Waals surface area contributed by atoms with E-state index < -0.39 is 0 Å². The Bertz CT molecular complexity index is 245. The average molecular weight is 225 g/mol. The first kappa shape index (κ1) is 13.7. The first-order valence-electron chi connectivity index (χ1n) is 6.63. The summed E-state index contributed by atoms with van der Waals surface area (Å²) in [6, 6.07) is 0.387. The van der Waals surface area contributed by atoms with Crippen LogP contribution in [0.25, 0.3) is 0 Å². The maximum Gasteiger partial charge on any atom is 0.138 e. The van der Waals surface area contributed by atoms with Crippen molar-refractivity contribution in [3.63, 3.8) is 0 Å². The molecule has 0 aliphatic heterocycles. The Kier molecular flexibility index (Phi) is 4.54. The lowest BCUT2D eigenvalue weighted by atomic mass is 9.75. The zero-order valence-electron chi connectivity index (χ0n) is 11.3. The Hall–Kier alpha value is -0.370. The molecule has 0 aromatic heterocycles. The molecule has 0 aromatic rings. The highest BCUT2D eigenvalue weighted by molar-refractivity contribution is 5.84. The molecule has 0 unspecified atom stereocenters. The maximum absolute atomic E-state index is 12.1. The summed E-state index contributed by atoms with van der Waals surface area (Å²) in [5.74, 6) is 1.54. The number of ketones is 1. The summed E-state index contributed by atoms with van der Waals surface area (Å²) in [6.45, 7) is 8.40. The van der Waals surface area contributed by atoms with Gasteiger partial charge in [0.25, 0.3) is 0 Å². The van der Waals surface area contributed by atoms with Crippen molar-refractivity contribution in [1.82, 2.24) is 0 Å². The van der Waals surface area contributed by atoms with E-state index in [0.717, 1.165) is 25.7 Å². The smallest absolute Gasteiger partial charge is 0.138 e. The van der Waals surface area contributed by atoms with Crippen LogP contribution in [0.1, 0.15) is 59.8 Å². The predicted molar refractivity (Wildman–Crippen MR) is 68.2 cm³/mol. The van der Waals surface area contributed by atoms with Crippen LogP contribution in [0.3, 0.4) is 0 Å². The predicted octanol–water partition coefficient (Wildman–Crippen LogP) is 3.15. The Morgan fingerprint density at radius 3 is 2.44 bits per heavy atom. The third kappa shape index (κ3) is 3.31. The molecule has 1 saturated carbocycles. The molecule has 0 spiro atoms. The second-order valence-electron chi connectivity index (χ2n) is 6.28. The van der Waals surface area contributed by atoms with Crippen molar-refractivity contribution in [2.45, 2.75) is 65.8 Å². The number of carbonyl (C=O) groups excluding carboxylic acids is 1. The minimum absolute atomic E-state index is 0.166. The Morgan fingerprint density at radius 2 is 2.00 bits per heavy atom. The van der Waals surface area contributed by atoms with Crippen molar-refractivity contribution in [2.75, 3.05) is 0 Å². The third-order valence-electron chi connectivity index (χ3n) is 4.52. The molecule has 1 rings (SSSR count). The minimum atomic E-state index is -0.166. The molecule has 1 aliphatic rings. The van der Waals surface area contributed by atoms with Gasteiger partial charge in [-0.3, -0.25) is 4.79 Å². The Balaban J connectivity index is 2.35. The molecule has 2 atom stereocenters. The van der Waals surface area contributed by atoms with Crippen molar-refractivity contribution in [1.29, 1.82) is 0 Å². The number of rotatable bonds is 5. The highest BCUT2D eigenvalue weighted by Gasteiger charge is 2.31. The molecule has 94 valence electrons. The Labute approximate surface area is 100.0 Å². The highest BCUT2D eigenvalue weighted by atomic mass is 16.1. The fourth-order valence-electron chi connectivity index (χ4n) is 2.36. The molecule has 0 saturated heterocycles. The zero-order chi connectivity index (χ0) is 12.3. The van der Waals surface area contributed by atoms with Gasteiger partial charge in [-0.2, -0.15) is 0 Å². The van der Waals surface area contributed by atoms with Crippen LogP contribution in [0.2, 0.25) is 0 Å². The summed E-state index contributed by atoms with van der Waals surface area (Å²) in [4.78, 5) is 12.1. The summed E-state index contributed by atoms with van der Waals surface area (Å²) in [7, 11) is 0. The first-order valence-corrected chi connectivity index (χ1v) is 6.63. The summed E-state index contributed by atoms with van der Waals surface area (Å²) in [5, 5.41) is 0. The van der Waals surface area contributed by atoms with Crippen LogP contribution >= 0.6 is 0 Å². The molecule has 0 amide bonds. The number of hydrogen-bond acceptors (Lipinski definition) is 2. The summed E-state index contributed by atoms with van der Waals surface area (Å²) in [5.41, 5.74) is 5.71. The molecule has 0 heterocycles. The largest absolute Gasteiger partial charge is 0.328 e. The number of hydrogen-bond donors (Lipinski definition) is 1. The van der Waals surface area contributed by atoms with Gasteiger partial charge >= 0.3 is 0 Å². The van der Waals surface area contributed by atoms with Gasteiger partial charge in [-0.25, -0.2) is 0 Å². The van der Waals surface area contributed by atoms with Gasteiger partial charge in [0.15, 0.2) is 0 Å². The van der Waals surface area contributed by atoms with Crippen LogP contribution in [0.15, 0.2) is 0 Å². The SMILES string of the molecule is CC(C)C(C)(C)C(=O)CC[C@H]1CC[C@@H](N)C1. The molecular weight excluding hydrogens is 198 g/mol. The van der Waals surface area contributed by atoms with Crippen LogP contribution in [-0.4, -0.2) is 11.8 Å². The van der Waals surface area contributed by atoms with E-state index in [1.807, 2.05) is 0 Å². The second-order valence-corrected chi connectivity index (χ2v) is 6.28. The molecule has 1 fully saturated rings. The quantitative estimate of drug-likeness (QED) is 0.781. The molecule has 0 radical (unpaired) electrons. The van der Waals surface area contributed by atoms with Crippen molar-refractivity contribution in [3.05, 3.63) is 0 Å². The van der Waals surface area contributed by atoms with Gasteiger partial charge in [0, 0.05) is 17.9 Å². The van der Waals surface area contributed by atoms with Gasteiger partial charge in [-0.05, 0) is 37.5 Å². The molecule has 0 bridgehead atoms. The maximum atomic E-state index is 12.1. The number of carbonyl (C=O) groups is 1. The lowest BCUT2D eigenvalue weighted by Crippen LogP contribution is -2.30. The van der Waals surface area contributed by atoms with E-state index in [0.29, 0.717) is 23.7 Å². The summed E-state index contributed by atoms with van der Waals surface area (Å²) >= 11 is 0. The highest BCUT2D eigenvalue weighted by Crippen LogP contribution is 2.32. The van der Waals surface area contributed by atoms with Crippen molar-refractivity contribution in [2.24, 2.45) is 23.0 Å². The molecule has 16 heavy (non-hydrogen) atoms. The van der Waals surface area contributed by atoms with Gasteiger partial charge < -0.3 is 5.73 Å². The van der Waals surface area contributed by atoms with Crippen molar-refractivity contribution in [3.8, 4) is 0 Å². The number of nitrogens with two attached hydrogens (primary N) is 1. The standard InChI is InChI=1S/C14H27NO/c1-10(2)14(3,4)13(16)8-6-11-5-7-12(15)9-11/h10-12H,5-9,15H2,1-4H3/t11-,12-/m1/s1. The van der Waals surface area contributed by atoms with Gasteiger partial charge in [-0.1, -0.05) is 27.7 Å². The molecule has 0 aromatic carbocycles. The topological polar surface area (TPSA) is 43.1 Å². The van der Waals surface area contributed by atoms with Crippen molar-refractivity contribution >= 4 is 5.78 Å². The van der Waals surface area contributed by atoms with Crippen LogP contribution in [-0.2, 0) is 4.79 Å². The molecular formula is C14H27NO. The summed E-state index contributed by atoms with van der Waals surface area (Å²) < 4.78 is 0. The van der Waals surface area contributed by atoms with Crippen LogP contribution < -0.4 is 5.73 Å². The third-order valence-corrected chi connectivity index (χ3v) is 4.52. The molecule has 2 nitrogen and oxygen atoms in total. The monoisotopic (exact) mass is 225 g/mol. The van der Waals surface area contributed by atoms with E-state index >= 15 is 0 Å². The zero-order valence-corrected chi connectivity index (χ0v) is 11.3. The minimum Gasteiger partial charge on any atom is -0.328 e. The Morgan fingerprint density at radius 1 is 1.38 bits per heavy atom. The fourth-order valence-corrected chi connectivity index (χ4v) is 2.36. The van der Waals surface area contributed by atoms with E-state index in [4.69, 9.17) is 5.73 Å². The molecule has 2 heteroatoms. The van der Waals surface area contributed by atoms with Gasteiger partial charge in [0.1, 0.15) is 5.78 Å². The second kappa shape index (κ2) is 5.31. The van der Waals surface area contributed by atoms with Gasteiger partial charge in [0.2, 0.25) is 0 Å². The van der Waals surface area contributed by atoms with Gasteiger partial charge in [0.05, 0.1) is 0 Å². The van der Waals surface area contributed by atoms with E-state index in [1.165, 1.54) is 6.42 Å². The summed E-state index contributed by atoms with van der Waals surface area (Å²) in [6.07, 6.45) is 5.27. The van der Waals surface area contributed by atoms with E-state index in [1.54, 1.807) is 0 Å². The van der Waals surface area contributed by atoms with Crippen LogP contribution in [0.5, 0.6) is 0 Å². The molecule has 2 N–H and O–H groups in total. The van der Waals surface area contributed by atoms with Crippen LogP contribution in [0, 0.1) is 17.3 Å². The van der Waals surface area contributed by atoms with E-state index in [-0.39, 0.29) is 5.41 Å².